The lowest BCUT2D eigenvalue weighted by Crippen LogP contribution is -2.50. The minimum atomic E-state index is -1.65. The van der Waals surface area contributed by atoms with Gasteiger partial charge in [-0.15, -0.1) is 0 Å². The van der Waals surface area contributed by atoms with Gasteiger partial charge in [-0.3, -0.25) is 4.79 Å². The molecular formula is C8H15BFNO2. The third-order valence-corrected chi connectivity index (χ3v) is 2.75. The van der Waals surface area contributed by atoms with E-state index in [2.05, 4.69) is 0 Å². The molecule has 1 saturated heterocycles. The van der Waals surface area contributed by atoms with Crippen molar-refractivity contribution >= 4 is 12.8 Å². The molecule has 0 atom stereocenters. The van der Waals surface area contributed by atoms with Crippen LogP contribution in [0.1, 0.15) is 19.8 Å². The highest BCUT2D eigenvalue weighted by Crippen LogP contribution is 2.27. The summed E-state index contributed by atoms with van der Waals surface area (Å²) in [4.78, 5) is 12.7. The summed E-state index contributed by atoms with van der Waals surface area (Å²) in [5.41, 5.74) is -1.65. The first-order valence-corrected chi connectivity index (χ1v) is 4.58. The Morgan fingerprint density at radius 2 is 2.00 bits per heavy atom. The second kappa shape index (κ2) is 3.76. The molecule has 1 rings (SSSR count). The van der Waals surface area contributed by atoms with Gasteiger partial charge in [0.2, 0.25) is 0 Å². The minimum Gasteiger partial charge on any atom is -0.437 e. The Hall–Kier alpha value is -0.415. The lowest BCUT2D eigenvalue weighted by Gasteiger charge is -2.35. The van der Waals surface area contributed by atoms with Gasteiger partial charge < -0.3 is 9.83 Å². The van der Waals surface area contributed by atoms with Gasteiger partial charge in [0.25, 0.3) is 0 Å². The van der Waals surface area contributed by atoms with E-state index in [0.717, 1.165) is 0 Å². The maximum Gasteiger partial charge on any atom is 0.376 e. The van der Waals surface area contributed by atoms with Crippen LogP contribution in [-0.2, 0) is 4.79 Å². The van der Waals surface area contributed by atoms with Crippen molar-refractivity contribution in [2.75, 3.05) is 13.1 Å². The molecule has 0 bridgehead atoms. The molecule has 0 aromatic rings. The van der Waals surface area contributed by atoms with E-state index in [0.29, 0.717) is 13.1 Å². The molecule has 0 aliphatic carbocycles. The van der Waals surface area contributed by atoms with Gasteiger partial charge in [-0.05, 0) is 26.8 Å². The molecular weight excluding hydrogens is 172 g/mol. The second-order valence-corrected chi connectivity index (χ2v) is 3.69. The van der Waals surface area contributed by atoms with E-state index < -0.39 is 18.5 Å². The van der Waals surface area contributed by atoms with Gasteiger partial charge in [-0.1, -0.05) is 0 Å². The van der Waals surface area contributed by atoms with Gasteiger partial charge in [-0.25, -0.2) is 4.39 Å². The summed E-state index contributed by atoms with van der Waals surface area (Å²) in [6, 6.07) is 0. The van der Waals surface area contributed by atoms with E-state index in [-0.39, 0.29) is 12.8 Å². The molecule has 0 amide bonds. The summed E-state index contributed by atoms with van der Waals surface area (Å²) in [6.45, 7) is 3.85. The number of ketones is 1. The smallest absolute Gasteiger partial charge is 0.376 e. The Balaban J connectivity index is 2.51. The zero-order chi connectivity index (χ0) is 10.1. The number of piperidine rings is 1. The molecule has 1 N–H and O–H groups in total. The Kier molecular flexibility index (Phi) is 3.08. The SMILES string of the molecule is CB(O)N1CCC(F)(C(C)=O)CC1. The molecule has 1 aliphatic rings. The van der Waals surface area contributed by atoms with Crippen molar-refractivity contribution in [1.82, 2.24) is 4.81 Å². The van der Waals surface area contributed by atoms with Crippen LogP contribution in [0.15, 0.2) is 0 Å². The highest BCUT2D eigenvalue weighted by atomic mass is 19.1. The van der Waals surface area contributed by atoms with Gasteiger partial charge in [-0.2, -0.15) is 0 Å². The summed E-state index contributed by atoms with van der Waals surface area (Å²) < 4.78 is 13.7. The van der Waals surface area contributed by atoms with Crippen molar-refractivity contribution in [1.29, 1.82) is 0 Å². The number of hydrogen-bond donors (Lipinski definition) is 1. The van der Waals surface area contributed by atoms with E-state index in [1.54, 1.807) is 11.6 Å². The number of carbonyl (C=O) groups is 1. The molecule has 0 saturated carbocycles. The lowest BCUT2D eigenvalue weighted by molar-refractivity contribution is -0.130. The van der Waals surface area contributed by atoms with Crippen LogP contribution in [-0.4, -0.2) is 41.4 Å². The van der Waals surface area contributed by atoms with Crippen molar-refractivity contribution in [2.24, 2.45) is 0 Å². The minimum absolute atomic E-state index is 0.202. The maximum absolute atomic E-state index is 13.7. The monoisotopic (exact) mass is 187 g/mol. The molecule has 0 unspecified atom stereocenters. The zero-order valence-electron chi connectivity index (χ0n) is 8.09. The van der Waals surface area contributed by atoms with Crippen LogP contribution >= 0.6 is 0 Å². The topological polar surface area (TPSA) is 40.5 Å². The average molecular weight is 187 g/mol. The zero-order valence-corrected chi connectivity index (χ0v) is 8.09. The Morgan fingerprint density at radius 1 is 1.54 bits per heavy atom. The second-order valence-electron chi connectivity index (χ2n) is 3.69. The molecule has 0 aromatic heterocycles. The van der Waals surface area contributed by atoms with Crippen LogP contribution < -0.4 is 0 Å². The van der Waals surface area contributed by atoms with E-state index in [1.807, 2.05) is 0 Å². The predicted octanol–water partition coefficient (Wildman–Crippen LogP) is 0.490. The number of Topliss-reactive ketones (excluding diaryl/α,β-unsaturated/α-hetero) is 1. The first-order valence-electron chi connectivity index (χ1n) is 4.58. The Labute approximate surface area is 78.0 Å². The normalized spacial score (nSPS) is 22.8. The van der Waals surface area contributed by atoms with Crippen LogP contribution in [0.25, 0.3) is 0 Å². The fourth-order valence-corrected chi connectivity index (χ4v) is 1.60. The third kappa shape index (κ3) is 2.28. The summed E-state index contributed by atoms with van der Waals surface area (Å²) in [6.07, 6.45) is 0.403. The number of rotatable bonds is 2. The maximum atomic E-state index is 13.7. The van der Waals surface area contributed by atoms with Crippen LogP contribution in [0.3, 0.4) is 0 Å². The first kappa shape index (κ1) is 10.7. The fourth-order valence-electron chi connectivity index (χ4n) is 1.60. The highest BCUT2D eigenvalue weighted by Gasteiger charge is 2.39. The molecule has 1 heterocycles. The van der Waals surface area contributed by atoms with E-state index in [9.17, 15) is 14.2 Å². The Morgan fingerprint density at radius 3 is 2.31 bits per heavy atom. The molecule has 74 valence electrons. The van der Waals surface area contributed by atoms with Gasteiger partial charge in [0.05, 0.1) is 0 Å². The van der Waals surface area contributed by atoms with E-state index >= 15 is 0 Å². The summed E-state index contributed by atoms with van der Waals surface area (Å²) in [5, 5.41) is 9.20. The molecule has 1 fully saturated rings. The van der Waals surface area contributed by atoms with E-state index in [4.69, 9.17) is 0 Å². The molecule has 0 aromatic carbocycles. The molecule has 5 heteroatoms. The summed E-state index contributed by atoms with van der Waals surface area (Å²) in [7, 11) is -0.545. The van der Waals surface area contributed by atoms with Crippen molar-refractivity contribution in [3.63, 3.8) is 0 Å². The number of carbonyl (C=O) groups excluding carboxylic acids is 1. The fraction of sp³-hybridized carbons (Fsp3) is 0.875. The standard InChI is InChI=1S/C8H15BFNO2/c1-7(12)8(10)3-5-11(6-4-8)9(2)13/h13H,3-6H2,1-2H3. The number of halogens is 1. The number of hydrogen-bond acceptors (Lipinski definition) is 3. The summed E-state index contributed by atoms with van der Waals surface area (Å²) >= 11 is 0. The van der Waals surface area contributed by atoms with Crippen molar-refractivity contribution < 1.29 is 14.2 Å². The lowest BCUT2D eigenvalue weighted by atomic mass is 9.79. The summed E-state index contributed by atoms with van der Waals surface area (Å²) in [5.74, 6) is -0.391. The van der Waals surface area contributed by atoms with Gasteiger partial charge >= 0.3 is 7.05 Å². The first-order chi connectivity index (χ1) is 5.96. The highest BCUT2D eigenvalue weighted by molar-refractivity contribution is 6.45. The van der Waals surface area contributed by atoms with Crippen molar-refractivity contribution in [2.45, 2.75) is 32.3 Å². The van der Waals surface area contributed by atoms with Crippen molar-refractivity contribution in [3.05, 3.63) is 0 Å². The number of nitrogens with zero attached hydrogens (tertiary/aromatic N) is 1. The molecule has 13 heavy (non-hydrogen) atoms. The van der Waals surface area contributed by atoms with Crippen LogP contribution in [0.2, 0.25) is 6.82 Å². The van der Waals surface area contributed by atoms with Crippen molar-refractivity contribution in [3.8, 4) is 0 Å². The van der Waals surface area contributed by atoms with Crippen LogP contribution in [0.5, 0.6) is 0 Å². The average Bonchev–Trinajstić information content (AvgIpc) is 2.04. The van der Waals surface area contributed by atoms with Gasteiger partial charge in [0, 0.05) is 12.8 Å². The number of alkyl halides is 1. The molecule has 3 nitrogen and oxygen atoms in total. The predicted molar refractivity (Wildman–Crippen MR) is 49.2 cm³/mol. The molecule has 1 aliphatic heterocycles. The van der Waals surface area contributed by atoms with Crippen LogP contribution in [0, 0.1) is 0 Å². The quantitative estimate of drug-likeness (QED) is 0.639. The largest absolute Gasteiger partial charge is 0.437 e. The Bertz CT molecular complexity index is 202. The van der Waals surface area contributed by atoms with Crippen LogP contribution in [0.4, 0.5) is 4.39 Å². The molecule has 0 spiro atoms. The van der Waals surface area contributed by atoms with E-state index in [1.165, 1.54) is 6.92 Å². The van der Waals surface area contributed by atoms with Gasteiger partial charge in [0.15, 0.2) is 11.5 Å². The molecule has 0 radical (unpaired) electrons. The third-order valence-electron chi connectivity index (χ3n) is 2.75. The van der Waals surface area contributed by atoms with Gasteiger partial charge in [0.1, 0.15) is 0 Å².